The predicted octanol–water partition coefficient (Wildman–Crippen LogP) is 1.37. The zero-order valence-corrected chi connectivity index (χ0v) is 11.1. The Hall–Kier alpha value is -2.02. The molecule has 0 unspecified atom stereocenters. The molecular formula is C12H12N4O2S. The number of nitrogens with zero attached hydrogens (tertiary/aromatic N) is 3. The largest absolute Gasteiger partial charge is 0.319 e. The van der Waals surface area contributed by atoms with E-state index in [1.807, 2.05) is 0 Å². The molecule has 98 valence electrons. The van der Waals surface area contributed by atoms with Gasteiger partial charge in [-0.25, -0.2) is 0 Å². The number of rotatable bonds is 3. The van der Waals surface area contributed by atoms with Gasteiger partial charge in [-0.1, -0.05) is 11.3 Å². The fourth-order valence-electron chi connectivity index (χ4n) is 1.64. The molecule has 6 nitrogen and oxygen atoms in total. The summed E-state index contributed by atoms with van der Waals surface area (Å²) in [6.45, 7) is 0. The summed E-state index contributed by atoms with van der Waals surface area (Å²) in [6, 6.07) is 2.90. The highest BCUT2D eigenvalue weighted by Crippen LogP contribution is 2.42. The smallest absolute Gasteiger partial charge is 0.257 e. The fraction of sp³-hybridized carbons (Fsp3) is 0.333. The molecule has 19 heavy (non-hydrogen) atoms. The Bertz CT molecular complexity index is 687. The Labute approximate surface area is 113 Å². The van der Waals surface area contributed by atoms with Gasteiger partial charge in [-0.3, -0.25) is 14.9 Å². The van der Waals surface area contributed by atoms with Crippen molar-refractivity contribution in [2.75, 3.05) is 5.32 Å². The van der Waals surface area contributed by atoms with E-state index in [2.05, 4.69) is 15.5 Å². The molecule has 1 N–H and O–H groups in total. The highest BCUT2D eigenvalue weighted by Gasteiger charge is 2.27. The van der Waals surface area contributed by atoms with Crippen molar-refractivity contribution in [1.82, 2.24) is 14.8 Å². The van der Waals surface area contributed by atoms with E-state index < -0.39 is 0 Å². The van der Waals surface area contributed by atoms with Gasteiger partial charge in [0.1, 0.15) is 5.01 Å². The number of aromatic nitrogens is 3. The van der Waals surface area contributed by atoms with Crippen LogP contribution in [-0.4, -0.2) is 20.7 Å². The Morgan fingerprint density at radius 2 is 2.26 bits per heavy atom. The van der Waals surface area contributed by atoms with E-state index in [9.17, 15) is 9.59 Å². The summed E-state index contributed by atoms with van der Waals surface area (Å²) in [4.78, 5) is 23.4. The molecule has 7 heteroatoms. The zero-order valence-electron chi connectivity index (χ0n) is 10.3. The van der Waals surface area contributed by atoms with Gasteiger partial charge in [0.15, 0.2) is 0 Å². The van der Waals surface area contributed by atoms with Crippen molar-refractivity contribution in [2.45, 2.75) is 18.8 Å². The summed E-state index contributed by atoms with van der Waals surface area (Å²) >= 11 is 1.40. The highest BCUT2D eigenvalue weighted by molar-refractivity contribution is 7.15. The third kappa shape index (κ3) is 2.55. The molecular weight excluding hydrogens is 264 g/mol. The lowest BCUT2D eigenvalue weighted by Crippen LogP contribution is -2.19. The maximum Gasteiger partial charge on any atom is 0.257 e. The third-order valence-corrected chi connectivity index (χ3v) is 3.96. The van der Waals surface area contributed by atoms with E-state index in [1.54, 1.807) is 19.3 Å². The average Bonchev–Trinajstić information content (AvgIpc) is 3.14. The van der Waals surface area contributed by atoms with Gasteiger partial charge in [0.2, 0.25) is 5.13 Å². The van der Waals surface area contributed by atoms with Crippen LogP contribution in [0.5, 0.6) is 0 Å². The van der Waals surface area contributed by atoms with Crippen LogP contribution in [-0.2, 0) is 7.05 Å². The summed E-state index contributed by atoms with van der Waals surface area (Å²) < 4.78 is 1.41. The standard InChI is InChI=1S/C12H12N4O2S/c1-16-5-4-8(6-9(16)17)10(18)13-12-15-14-11(19-12)7-2-3-7/h4-7H,2-3H2,1H3,(H,13,15,18). The van der Waals surface area contributed by atoms with Gasteiger partial charge in [-0.05, 0) is 18.9 Å². The first-order valence-electron chi connectivity index (χ1n) is 5.95. The van der Waals surface area contributed by atoms with E-state index in [4.69, 9.17) is 0 Å². The molecule has 0 saturated heterocycles. The van der Waals surface area contributed by atoms with Gasteiger partial charge in [0, 0.05) is 30.8 Å². The summed E-state index contributed by atoms with van der Waals surface area (Å²) in [5.74, 6) is 0.184. The summed E-state index contributed by atoms with van der Waals surface area (Å²) in [5, 5.41) is 12.1. The quantitative estimate of drug-likeness (QED) is 0.918. The van der Waals surface area contributed by atoms with Crippen LogP contribution >= 0.6 is 11.3 Å². The molecule has 1 amide bonds. The predicted molar refractivity (Wildman–Crippen MR) is 71.5 cm³/mol. The number of carbonyl (C=O) groups excluding carboxylic acids is 1. The molecule has 2 aromatic heterocycles. The molecule has 0 aromatic carbocycles. The van der Waals surface area contributed by atoms with Crippen LogP contribution < -0.4 is 10.9 Å². The minimum Gasteiger partial charge on any atom is -0.319 e. The van der Waals surface area contributed by atoms with Gasteiger partial charge >= 0.3 is 0 Å². The zero-order chi connectivity index (χ0) is 13.4. The van der Waals surface area contributed by atoms with Crippen LogP contribution in [0.1, 0.15) is 34.1 Å². The van der Waals surface area contributed by atoms with Crippen molar-refractivity contribution in [3.8, 4) is 0 Å². The van der Waals surface area contributed by atoms with Gasteiger partial charge in [-0.2, -0.15) is 0 Å². The molecule has 2 heterocycles. The Morgan fingerprint density at radius 1 is 1.47 bits per heavy atom. The number of nitrogens with one attached hydrogen (secondary N) is 1. The van der Waals surface area contributed by atoms with Gasteiger partial charge in [0.05, 0.1) is 0 Å². The Morgan fingerprint density at radius 3 is 2.95 bits per heavy atom. The molecule has 3 rings (SSSR count). The van der Waals surface area contributed by atoms with Crippen molar-refractivity contribution in [3.05, 3.63) is 39.3 Å². The van der Waals surface area contributed by atoms with E-state index in [0.717, 1.165) is 17.8 Å². The maximum atomic E-state index is 12.0. The molecule has 0 aliphatic heterocycles. The lowest BCUT2D eigenvalue weighted by atomic mass is 10.2. The second kappa shape index (κ2) is 4.58. The van der Waals surface area contributed by atoms with E-state index in [1.165, 1.54) is 22.0 Å². The van der Waals surface area contributed by atoms with Crippen molar-refractivity contribution >= 4 is 22.4 Å². The van der Waals surface area contributed by atoms with E-state index >= 15 is 0 Å². The lowest BCUT2D eigenvalue weighted by molar-refractivity contribution is 0.102. The summed E-state index contributed by atoms with van der Waals surface area (Å²) in [5.41, 5.74) is 0.106. The Kier molecular flexibility index (Phi) is 2.90. The van der Waals surface area contributed by atoms with Crippen LogP contribution in [0.25, 0.3) is 0 Å². The first kappa shape index (κ1) is 12.0. The number of pyridine rings is 1. The molecule has 0 spiro atoms. The minimum atomic E-state index is -0.337. The SMILES string of the molecule is Cn1ccc(C(=O)Nc2nnc(C3CC3)s2)cc1=O. The first-order valence-corrected chi connectivity index (χ1v) is 6.76. The maximum absolute atomic E-state index is 12.0. The van der Waals surface area contributed by atoms with Crippen molar-refractivity contribution in [1.29, 1.82) is 0 Å². The van der Waals surface area contributed by atoms with Crippen molar-refractivity contribution in [3.63, 3.8) is 0 Å². The monoisotopic (exact) mass is 276 g/mol. The molecule has 1 saturated carbocycles. The molecule has 2 aromatic rings. The number of anilines is 1. The lowest BCUT2D eigenvalue weighted by Gasteiger charge is -2.01. The third-order valence-electron chi connectivity index (χ3n) is 2.95. The van der Waals surface area contributed by atoms with Crippen molar-refractivity contribution < 1.29 is 4.79 Å². The molecule has 0 bridgehead atoms. The van der Waals surface area contributed by atoms with Crippen LogP contribution in [0.2, 0.25) is 0 Å². The Balaban J connectivity index is 1.75. The first-order chi connectivity index (χ1) is 9.13. The number of hydrogen-bond acceptors (Lipinski definition) is 5. The number of carbonyl (C=O) groups is 1. The highest BCUT2D eigenvalue weighted by atomic mass is 32.1. The molecule has 0 atom stereocenters. The van der Waals surface area contributed by atoms with Gasteiger partial charge < -0.3 is 4.57 Å². The number of amides is 1. The summed E-state index contributed by atoms with van der Waals surface area (Å²) in [7, 11) is 1.64. The molecule has 1 fully saturated rings. The van der Waals surface area contributed by atoms with Crippen molar-refractivity contribution in [2.24, 2.45) is 7.05 Å². The van der Waals surface area contributed by atoms with Crippen LogP contribution in [0.3, 0.4) is 0 Å². The van der Waals surface area contributed by atoms with Gasteiger partial charge in [0.25, 0.3) is 11.5 Å². The number of hydrogen-bond donors (Lipinski definition) is 1. The molecule has 1 aliphatic carbocycles. The average molecular weight is 276 g/mol. The topological polar surface area (TPSA) is 76.9 Å². The molecule has 1 aliphatic rings. The molecule has 0 radical (unpaired) electrons. The summed E-state index contributed by atoms with van der Waals surface area (Å²) in [6.07, 6.45) is 3.86. The van der Waals surface area contributed by atoms with E-state index in [0.29, 0.717) is 16.6 Å². The second-order valence-electron chi connectivity index (χ2n) is 4.54. The van der Waals surface area contributed by atoms with Gasteiger partial charge in [-0.15, -0.1) is 10.2 Å². The normalized spacial score (nSPS) is 14.4. The second-order valence-corrected chi connectivity index (χ2v) is 5.55. The fourth-order valence-corrected chi connectivity index (χ4v) is 2.55. The van der Waals surface area contributed by atoms with Crippen LogP contribution in [0.15, 0.2) is 23.1 Å². The van der Waals surface area contributed by atoms with Crippen LogP contribution in [0.4, 0.5) is 5.13 Å². The van der Waals surface area contributed by atoms with Crippen LogP contribution in [0, 0.1) is 0 Å². The van der Waals surface area contributed by atoms with E-state index in [-0.39, 0.29) is 11.5 Å². The number of aryl methyl sites for hydroxylation is 1. The minimum absolute atomic E-state index is 0.219.